The number of rotatable bonds is 7. The van der Waals surface area contributed by atoms with Gasteiger partial charge in [-0.25, -0.2) is 0 Å². The average Bonchev–Trinajstić information content (AvgIpc) is 3.36. The predicted molar refractivity (Wildman–Crippen MR) is 98.3 cm³/mol. The van der Waals surface area contributed by atoms with E-state index in [0.29, 0.717) is 22.8 Å². The van der Waals surface area contributed by atoms with Gasteiger partial charge in [-0.1, -0.05) is 16.4 Å². The van der Waals surface area contributed by atoms with Crippen LogP contribution in [0.2, 0.25) is 0 Å². The summed E-state index contributed by atoms with van der Waals surface area (Å²) in [6.45, 7) is 0. The fourth-order valence-electron chi connectivity index (χ4n) is 2.30. The van der Waals surface area contributed by atoms with E-state index in [9.17, 15) is 14.9 Å². The first kappa shape index (κ1) is 19.1. The molecule has 12 heteroatoms. The molecule has 1 amide bonds. The zero-order chi connectivity index (χ0) is 20.3. The molecule has 0 aliphatic carbocycles. The van der Waals surface area contributed by atoms with Crippen molar-refractivity contribution in [2.45, 2.75) is 0 Å². The average molecular weight is 406 g/mol. The Morgan fingerprint density at radius 2 is 1.82 bits per heavy atom. The lowest BCUT2D eigenvalue weighted by Gasteiger charge is -2.12. The molecule has 3 rings (SSSR count). The Morgan fingerprint density at radius 1 is 1.14 bits per heavy atom. The van der Waals surface area contributed by atoms with Crippen LogP contribution < -0.4 is 19.5 Å². The van der Waals surface area contributed by atoms with Gasteiger partial charge in [-0.05, 0) is 18.2 Å². The predicted octanol–water partition coefficient (Wildman–Crippen LogP) is 2.98. The molecule has 11 nitrogen and oxygen atoms in total. The van der Waals surface area contributed by atoms with E-state index >= 15 is 0 Å². The third-order valence-corrected chi connectivity index (χ3v) is 4.59. The molecule has 0 spiro atoms. The molecule has 0 saturated carbocycles. The number of benzene rings is 1. The van der Waals surface area contributed by atoms with Gasteiger partial charge in [0, 0.05) is 11.6 Å². The van der Waals surface area contributed by atoms with Gasteiger partial charge >= 0.3 is 11.0 Å². The number of thiophene rings is 1. The van der Waals surface area contributed by atoms with Gasteiger partial charge < -0.3 is 18.6 Å². The van der Waals surface area contributed by atoms with Crippen LogP contribution >= 0.6 is 11.3 Å². The van der Waals surface area contributed by atoms with Crippen LogP contribution in [-0.2, 0) is 0 Å². The topological polar surface area (TPSA) is 139 Å². The van der Waals surface area contributed by atoms with Gasteiger partial charge in [-0.3, -0.25) is 20.2 Å². The third-order valence-electron chi connectivity index (χ3n) is 3.55. The van der Waals surface area contributed by atoms with Crippen LogP contribution in [0.5, 0.6) is 17.2 Å². The number of nitro groups is 1. The molecule has 2 heterocycles. The molecule has 1 aromatic carbocycles. The van der Waals surface area contributed by atoms with E-state index in [1.165, 1.54) is 33.5 Å². The van der Waals surface area contributed by atoms with Crippen molar-refractivity contribution in [1.82, 2.24) is 10.2 Å². The number of hydrogen-bond acceptors (Lipinski definition) is 10. The minimum absolute atomic E-state index is 0.103. The van der Waals surface area contributed by atoms with Crippen molar-refractivity contribution >= 4 is 28.3 Å². The van der Waals surface area contributed by atoms with Gasteiger partial charge in [0.25, 0.3) is 5.91 Å². The van der Waals surface area contributed by atoms with Gasteiger partial charge in [0.1, 0.15) is 0 Å². The highest BCUT2D eigenvalue weighted by atomic mass is 32.1. The Kier molecular flexibility index (Phi) is 5.40. The smallest absolute Gasteiger partial charge is 0.324 e. The molecular weight excluding hydrogens is 392 g/mol. The number of carbonyl (C=O) groups is 1. The monoisotopic (exact) mass is 406 g/mol. The lowest BCUT2D eigenvalue weighted by molar-refractivity contribution is -0.380. The normalized spacial score (nSPS) is 10.4. The summed E-state index contributed by atoms with van der Waals surface area (Å²) < 4.78 is 21.3. The summed E-state index contributed by atoms with van der Waals surface area (Å²) in [4.78, 5) is 22.5. The summed E-state index contributed by atoms with van der Waals surface area (Å²) in [5.74, 6) is 0.698. The molecule has 146 valence electrons. The molecule has 0 atom stereocenters. The third kappa shape index (κ3) is 3.71. The maximum absolute atomic E-state index is 12.2. The number of anilines is 1. The molecule has 3 aromatic rings. The van der Waals surface area contributed by atoms with Crippen molar-refractivity contribution in [3.63, 3.8) is 0 Å². The second-order valence-electron chi connectivity index (χ2n) is 5.18. The highest BCUT2D eigenvalue weighted by Gasteiger charge is 2.20. The second-order valence-corrected chi connectivity index (χ2v) is 6.24. The highest BCUT2D eigenvalue weighted by molar-refractivity contribution is 7.17. The lowest BCUT2D eigenvalue weighted by Crippen LogP contribution is -2.10. The first-order valence-electron chi connectivity index (χ1n) is 7.66. The Bertz CT molecular complexity index is 1000. The molecule has 0 unspecified atom stereocenters. The number of hydrogen-bond donors (Lipinski definition) is 1. The van der Waals surface area contributed by atoms with Crippen molar-refractivity contribution < 1.29 is 28.3 Å². The second kappa shape index (κ2) is 7.92. The van der Waals surface area contributed by atoms with Crippen LogP contribution in [-0.4, -0.2) is 42.4 Å². The number of aromatic nitrogens is 2. The van der Waals surface area contributed by atoms with Crippen molar-refractivity contribution in [2.75, 3.05) is 26.6 Å². The molecule has 0 saturated heterocycles. The fraction of sp³-hybridized carbons (Fsp3) is 0.188. The minimum atomic E-state index is -0.599. The van der Waals surface area contributed by atoms with Gasteiger partial charge in [-0.15, -0.1) is 5.10 Å². The van der Waals surface area contributed by atoms with Crippen LogP contribution in [0.3, 0.4) is 0 Å². The molecular formula is C16H14N4O7S. The van der Waals surface area contributed by atoms with Crippen molar-refractivity contribution in [3.8, 4) is 28.7 Å². The summed E-state index contributed by atoms with van der Waals surface area (Å²) in [6, 6.07) is 5.65. The van der Waals surface area contributed by atoms with E-state index in [4.69, 9.17) is 18.6 Å². The molecule has 2 aromatic heterocycles. The number of ether oxygens (including phenoxy) is 3. The number of carbonyl (C=O) groups excluding carboxylic acids is 1. The lowest BCUT2D eigenvalue weighted by atomic mass is 10.2. The van der Waals surface area contributed by atoms with E-state index in [-0.39, 0.29) is 21.8 Å². The summed E-state index contributed by atoms with van der Waals surface area (Å²) >= 11 is 0.738. The van der Waals surface area contributed by atoms with Gasteiger partial charge in [-0.2, -0.15) is 0 Å². The quantitative estimate of drug-likeness (QED) is 0.463. The van der Waals surface area contributed by atoms with E-state index < -0.39 is 10.8 Å². The molecule has 28 heavy (non-hydrogen) atoms. The number of amides is 1. The molecule has 0 aliphatic rings. The first-order chi connectivity index (χ1) is 13.5. The van der Waals surface area contributed by atoms with E-state index in [1.807, 2.05) is 0 Å². The van der Waals surface area contributed by atoms with Crippen LogP contribution in [0.1, 0.15) is 9.67 Å². The Labute approximate surface area is 162 Å². The Hall–Kier alpha value is -3.67. The minimum Gasteiger partial charge on any atom is -0.493 e. The van der Waals surface area contributed by atoms with E-state index in [0.717, 1.165) is 11.3 Å². The summed E-state index contributed by atoms with van der Waals surface area (Å²) in [5.41, 5.74) is 0.481. The molecule has 0 radical (unpaired) electrons. The zero-order valence-electron chi connectivity index (χ0n) is 14.9. The first-order valence-corrected chi connectivity index (χ1v) is 8.48. The fourth-order valence-corrected chi connectivity index (χ4v) is 3.02. The van der Waals surface area contributed by atoms with E-state index in [2.05, 4.69) is 15.5 Å². The Morgan fingerprint density at radius 3 is 2.36 bits per heavy atom. The number of methoxy groups -OCH3 is 3. The summed E-state index contributed by atoms with van der Waals surface area (Å²) in [7, 11) is 4.43. The van der Waals surface area contributed by atoms with Gasteiger partial charge in [0.05, 0.1) is 31.1 Å². The molecule has 1 N–H and O–H groups in total. The largest absolute Gasteiger partial charge is 0.493 e. The van der Waals surface area contributed by atoms with Crippen molar-refractivity contribution in [2.24, 2.45) is 0 Å². The van der Waals surface area contributed by atoms with Crippen LogP contribution in [0.25, 0.3) is 11.5 Å². The zero-order valence-corrected chi connectivity index (χ0v) is 15.7. The Balaban J connectivity index is 1.83. The van der Waals surface area contributed by atoms with Crippen LogP contribution in [0.15, 0.2) is 28.7 Å². The maximum Gasteiger partial charge on any atom is 0.324 e. The van der Waals surface area contributed by atoms with Gasteiger partial charge in [0.15, 0.2) is 11.5 Å². The maximum atomic E-state index is 12.2. The van der Waals surface area contributed by atoms with E-state index in [1.54, 1.807) is 12.1 Å². The molecule has 0 fully saturated rings. The molecule has 0 bridgehead atoms. The number of nitrogens with one attached hydrogen (secondary N) is 1. The van der Waals surface area contributed by atoms with Crippen molar-refractivity contribution in [3.05, 3.63) is 39.3 Å². The SMILES string of the molecule is COc1cc(-c2nnc(NC(=O)c3ccc([N+](=O)[O-])s3)o2)cc(OC)c1OC. The summed E-state index contributed by atoms with van der Waals surface area (Å²) in [5, 5.41) is 20.6. The highest BCUT2D eigenvalue weighted by Crippen LogP contribution is 2.41. The van der Waals surface area contributed by atoms with Gasteiger partial charge in [0.2, 0.25) is 11.6 Å². The van der Waals surface area contributed by atoms with Crippen LogP contribution in [0.4, 0.5) is 11.0 Å². The standard InChI is InChI=1S/C16H14N4O7S/c1-24-9-6-8(7-10(25-2)13(9)26-3)15-18-19-16(27-15)17-14(21)11-4-5-12(28-11)20(22)23/h4-7H,1-3H3,(H,17,19,21). The molecule has 0 aliphatic heterocycles. The summed E-state index contributed by atoms with van der Waals surface area (Å²) in [6.07, 6.45) is 0. The van der Waals surface area contributed by atoms with Crippen molar-refractivity contribution in [1.29, 1.82) is 0 Å². The van der Waals surface area contributed by atoms with Crippen LogP contribution in [0, 0.1) is 10.1 Å². The number of nitrogens with zero attached hydrogens (tertiary/aromatic N) is 3.